The quantitative estimate of drug-likeness (QED) is 0.766. The molecule has 0 bridgehead atoms. The summed E-state index contributed by atoms with van der Waals surface area (Å²) < 4.78 is 27.5. The van der Waals surface area contributed by atoms with Gasteiger partial charge in [0.1, 0.15) is 0 Å². The molecule has 0 aromatic heterocycles. The summed E-state index contributed by atoms with van der Waals surface area (Å²) in [5.74, 6) is 0.644. The maximum Gasteiger partial charge on any atom is 0.241 e. The lowest BCUT2D eigenvalue weighted by molar-refractivity contribution is 0.495. The molecule has 1 aromatic carbocycles. The molecule has 1 saturated carbocycles. The fourth-order valence-electron chi connectivity index (χ4n) is 2.55. The molecule has 3 N–H and O–H groups in total. The summed E-state index contributed by atoms with van der Waals surface area (Å²) in [7, 11) is -3.59. The highest BCUT2D eigenvalue weighted by molar-refractivity contribution is 9.10. The molecule has 112 valence electrons. The summed E-state index contributed by atoms with van der Waals surface area (Å²) in [5, 5.41) is 0.307. The van der Waals surface area contributed by atoms with Crippen LogP contribution >= 0.6 is 27.5 Å². The molecule has 0 heterocycles. The molecule has 1 aliphatic rings. The van der Waals surface area contributed by atoms with E-state index in [-0.39, 0.29) is 4.90 Å². The van der Waals surface area contributed by atoms with E-state index in [4.69, 9.17) is 17.3 Å². The number of hydrogen-bond donors (Lipinski definition) is 2. The number of hydrogen-bond acceptors (Lipinski definition) is 3. The summed E-state index contributed by atoms with van der Waals surface area (Å²) in [4.78, 5) is 0.0916. The van der Waals surface area contributed by atoms with Crippen LogP contribution in [0.2, 0.25) is 5.02 Å². The van der Waals surface area contributed by atoms with Crippen LogP contribution in [-0.4, -0.2) is 15.0 Å². The van der Waals surface area contributed by atoms with E-state index in [0.29, 0.717) is 27.6 Å². The van der Waals surface area contributed by atoms with Crippen molar-refractivity contribution in [2.75, 3.05) is 12.3 Å². The van der Waals surface area contributed by atoms with Gasteiger partial charge in [0.05, 0.1) is 9.37 Å². The lowest BCUT2D eigenvalue weighted by atomic mass is 10.1. The summed E-state index contributed by atoms with van der Waals surface area (Å²) >= 11 is 9.08. The van der Waals surface area contributed by atoms with Crippen LogP contribution in [0.5, 0.6) is 0 Å². The number of nitrogens with two attached hydrogens (primary N) is 1. The zero-order chi connectivity index (χ0) is 14.8. The first-order valence-electron chi connectivity index (χ1n) is 6.64. The standard InChI is InChI=1S/C13H18BrClN2O2S/c14-13-11(16)7-10(15)8-12(13)20(18,19)17-6-5-9-3-1-2-4-9/h7-9,17H,1-6,16H2. The predicted molar refractivity (Wildman–Crippen MR) is 85.3 cm³/mol. The molecule has 0 aliphatic heterocycles. The predicted octanol–water partition coefficient (Wildman–Crippen LogP) is 3.54. The number of nitrogens with one attached hydrogen (secondary N) is 1. The van der Waals surface area contributed by atoms with Crippen LogP contribution in [0, 0.1) is 5.92 Å². The minimum Gasteiger partial charge on any atom is -0.398 e. The Kier molecular flexibility index (Phi) is 5.34. The normalized spacial score (nSPS) is 16.7. The zero-order valence-corrected chi connectivity index (χ0v) is 14.2. The van der Waals surface area contributed by atoms with Crippen LogP contribution in [0.25, 0.3) is 0 Å². The van der Waals surface area contributed by atoms with E-state index in [1.807, 2.05) is 0 Å². The molecule has 7 heteroatoms. The van der Waals surface area contributed by atoms with Crippen molar-refractivity contribution in [2.24, 2.45) is 5.92 Å². The Labute approximate surface area is 133 Å². The van der Waals surface area contributed by atoms with Gasteiger partial charge in [-0.05, 0) is 40.4 Å². The number of rotatable bonds is 5. The Hall–Kier alpha value is -0.300. The van der Waals surface area contributed by atoms with E-state index in [1.165, 1.54) is 37.8 Å². The van der Waals surface area contributed by atoms with Gasteiger partial charge in [-0.1, -0.05) is 37.3 Å². The molecule has 0 atom stereocenters. The van der Waals surface area contributed by atoms with Crippen molar-refractivity contribution in [3.63, 3.8) is 0 Å². The third kappa shape index (κ3) is 3.87. The average Bonchev–Trinajstić information content (AvgIpc) is 2.86. The number of anilines is 1. The largest absolute Gasteiger partial charge is 0.398 e. The summed E-state index contributed by atoms with van der Waals surface area (Å²) in [6.45, 7) is 0.450. The maximum atomic E-state index is 12.3. The molecule has 1 aliphatic carbocycles. The number of halogens is 2. The third-order valence-electron chi connectivity index (χ3n) is 3.64. The molecule has 4 nitrogen and oxygen atoms in total. The van der Waals surface area contributed by atoms with Crippen molar-refractivity contribution in [2.45, 2.75) is 37.0 Å². The highest BCUT2D eigenvalue weighted by Gasteiger charge is 2.21. The molecule has 0 amide bonds. The number of benzene rings is 1. The van der Waals surface area contributed by atoms with Gasteiger partial charge in [-0.2, -0.15) is 0 Å². The van der Waals surface area contributed by atoms with E-state index in [0.717, 1.165) is 6.42 Å². The second kappa shape index (κ2) is 6.64. The van der Waals surface area contributed by atoms with Gasteiger partial charge < -0.3 is 5.73 Å². The summed E-state index contributed by atoms with van der Waals surface area (Å²) in [5.41, 5.74) is 6.04. The first-order chi connectivity index (χ1) is 9.40. The van der Waals surface area contributed by atoms with Crippen molar-refractivity contribution in [1.82, 2.24) is 4.72 Å². The first kappa shape index (κ1) is 16.1. The van der Waals surface area contributed by atoms with Crippen molar-refractivity contribution < 1.29 is 8.42 Å². The van der Waals surface area contributed by atoms with E-state index in [9.17, 15) is 8.42 Å². The van der Waals surface area contributed by atoms with Crippen molar-refractivity contribution in [1.29, 1.82) is 0 Å². The van der Waals surface area contributed by atoms with Gasteiger partial charge in [0.2, 0.25) is 10.0 Å². The molecular formula is C13H18BrClN2O2S. The SMILES string of the molecule is Nc1cc(Cl)cc(S(=O)(=O)NCCC2CCCC2)c1Br. The molecule has 1 fully saturated rings. The molecular weight excluding hydrogens is 364 g/mol. The Bertz CT molecular complexity index is 586. The first-order valence-corrected chi connectivity index (χ1v) is 9.30. The highest BCUT2D eigenvalue weighted by Crippen LogP contribution is 2.31. The Morgan fingerprint density at radius 2 is 2.00 bits per heavy atom. The van der Waals surface area contributed by atoms with E-state index in [1.54, 1.807) is 0 Å². The van der Waals surface area contributed by atoms with Gasteiger partial charge in [-0.25, -0.2) is 13.1 Å². The Morgan fingerprint density at radius 3 is 2.65 bits per heavy atom. The van der Waals surface area contributed by atoms with Crippen LogP contribution in [-0.2, 0) is 10.0 Å². The highest BCUT2D eigenvalue weighted by atomic mass is 79.9. The van der Waals surface area contributed by atoms with Crippen LogP contribution < -0.4 is 10.5 Å². The van der Waals surface area contributed by atoms with Gasteiger partial charge in [0, 0.05) is 17.3 Å². The second-order valence-corrected chi connectivity index (χ2v) is 8.11. The minimum atomic E-state index is -3.59. The average molecular weight is 382 g/mol. The summed E-state index contributed by atoms with van der Waals surface area (Å²) in [6, 6.07) is 2.92. The molecule has 2 rings (SSSR count). The van der Waals surface area contributed by atoms with Gasteiger partial charge in [0.15, 0.2) is 0 Å². The Morgan fingerprint density at radius 1 is 1.35 bits per heavy atom. The number of sulfonamides is 1. The second-order valence-electron chi connectivity index (χ2n) is 5.14. The number of nitrogen functional groups attached to an aromatic ring is 1. The molecule has 0 unspecified atom stereocenters. The lowest BCUT2D eigenvalue weighted by Crippen LogP contribution is -2.26. The molecule has 0 spiro atoms. The smallest absolute Gasteiger partial charge is 0.241 e. The van der Waals surface area contributed by atoms with Gasteiger partial charge >= 0.3 is 0 Å². The van der Waals surface area contributed by atoms with Crippen LogP contribution in [0.1, 0.15) is 32.1 Å². The Balaban J connectivity index is 2.06. The summed E-state index contributed by atoms with van der Waals surface area (Å²) in [6.07, 6.45) is 5.81. The van der Waals surface area contributed by atoms with Gasteiger partial charge in [-0.3, -0.25) is 0 Å². The van der Waals surface area contributed by atoms with Crippen molar-refractivity contribution >= 4 is 43.2 Å². The third-order valence-corrected chi connectivity index (χ3v) is 6.49. The van der Waals surface area contributed by atoms with Crippen LogP contribution in [0.3, 0.4) is 0 Å². The van der Waals surface area contributed by atoms with E-state index in [2.05, 4.69) is 20.7 Å². The molecule has 0 saturated heterocycles. The fourth-order valence-corrected chi connectivity index (χ4v) is 4.89. The monoisotopic (exact) mass is 380 g/mol. The molecule has 1 aromatic rings. The fraction of sp³-hybridized carbons (Fsp3) is 0.538. The van der Waals surface area contributed by atoms with Crippen molar-refractivity contribution in [3.05, 3.63) is 21.6 Å². The molecule has 0 radical (unpaired) electrons. The molecule has 20 heavy (non-hydrogen) atoms. The topological polar surface area (TPSA) is 72.2 Å². The van der Waals surface area contributed by atoms with Crippen LogP contribution in [0.15, 0.2) is 21.5 Å². The van der Waals surface area contributed by atoms with Gasteiger partial charge in [-0.15, -0.1) is 0 Å². The maximum absolute atomic E-state index is 12.3. The zero-order valence-electron chi connectivity index (χ0n) is 11.0. The van der Waals surface area contributed by atoms with Crippen LogP contribution in [0.4, 0.5) is 5.69 Å². The minimum absolute atomic E-state index is 0.0916. The van der Waals surface area contributed by atoms with Crippen molar-refractivity contribution in [3.8, 4) is 0 Å². The van der Waals surface area contributed by atoms with E-state index < -0.39 is 10.0 Å². The van der Waals surface area contributed by atoms with E-state index >= 15 is 0 Å². The van der Waals surface area contributed by atoms with Gasteiger partial charge in [0.25, 0.3) is 0 Å². The lowest BCUT2D eigenvalue weighted by Gasteiger charge is -2.12.